The topological polar surface area (TPSA) is 100.0 Å². The number of hydrogen-bond acceptors (Lipinski definition) is 6. The molecule has 2 saturated heterocycles. The van der Waals surface area contributed by atoms with Gasteiger partial charge in [-0.2, -0.15) is 0 Å². The molecule has 1 aromatic heterocycles. The molecule has 2 N–H and O–H groups in total. The van der Waals surface area contributed by atoms with Gasteiger partial charge < -0.3 is 14.9 Å². The molecule has 7 nitrogen and oxygen atoms in total. The highest BCUT2D eigenvalue weighted by atomic mass is 35.5. The molecule has 0 bridgehead atoms. The Morgan fingerprint density at radius 1 is 1.05 bits per heavy atom. The number of fused-ring (bicyclic) bond motifs is 3. The highest BCUT2D eigenvalue weighted by molar-refractivity contribution is 6.32. The van der Waals surface area contributed by atoms with Gasteiger partial charge in [0.25, 0.3) is 0 Å². The molecule has 3 aliphatic rings. The van der Waals surface area contributed by atoms with Crippen LogP contribution in [-0.2, 0) is 14.3 Å². The number of nitrogens with zero attached hydrogens (tertiary/aromatic N) is 2. The highest BCUT2D eigenvalue weighted by Crippen LogP contribution is 2.50. The zero-order chi connectivity index (χ0) is 27.8. The average molecular weight is 557 g/mol. The number of aliphatic hydroxyl groups is 1. The number of phenolic OH excluding ortho intramolecular Hbond substituents is 1. The number of aromatic hydroxyl groups is 1. The lowest BCUT2D eigenvalue weighted by molar-refractivity contribution is -0.122. The predicted molar refractivity (Wildman–Crippen MR) is 152 cm³/mol. The van der Waals surface area contributed by atoms with E-state index < -0.39 is 11.8 Å². The molecule has 3 aromatic rings. The van der Waals surface area contributed by atoms with E-state index in [1.165, 1.54) is 11.0 Å². The Kier molecular flexibility index (Phi) is 7.27. The number of phenols is 1. The summed E-state index contributed by atoms with van der Waals surface area (Å²) in [6.07, 6.45) is 4.97. The van der Waals surface area contributed by atoms with E-state index in [-0.39, 0.29) is 36.2 Å². The lowest BCUT2D eigenvalue weighted by Gasteiger charge is -2.31. The zero-order valence-electron chi connectivity index (χ0n) is 21.7. The summed E-state index contributed by atoms with van der Waals surface area (Å²) in [6.45, 7) is 0.159. The first-order chi connectivity index (χ1) is 19.5. The van der Waals surface area contributed by atoms with Crippen molar-refractivity contribution in [1.82, 2.24) is 4.98 Å². The second kappa shape index (κ2) is 11.0. The molecule has 0 spiro atoms. The molecule has 204 valence electrons. The minimum absolute atomic E-state index is 0.0942. The van der Waals surface area contributed by atoms with E-state index in [1.807, 2.05) is 42.5 Å². The summed E-state index contributed by atoms with van der Waals surface area (Å²) in [6, 6.07) is 19.6. The summed E-state index contributed by atoms with van der Waals surface area (Å²) >= 11 is 6.40. The van der Waals surface area contributed by atoms with Crippen molar-refractivity contribution in [3.8, 4) is 5.75 Å². The van der Waals surface area contributed by atoms with Gasteiger partial charge in [0.05, 0.1) is 47.6 Å². The minimum Gasteiger partial charge on any atom is -0.508 e. The standard InChI is InChI=1S/C32H29ClN2O5/c33-26-16-23(37)11-9-19(26)14-20(27-8-4-5-13-34-27)10-12-28-29-21(17-36)15-24-30(25(29)18-40-28)32(39)35(31(24)38)22-6-2-1-3-7-22/h1-9,11,13-14,16,24-25,28,30,36-37H,10,12,15,17-18H2/b20-14-/t24-,25+,28-,30-/m1/s1. The molecule has 6 rings (SSSR count). The summed E-state index contributed by atoms with van der Waals surface area (Å²) in [7, 11) is 0. The van der Waals surface area contributed by atoms with Gasteiger partial charge in [-0.15, -0.1) is 0 Å². The number of hydrogen-bond donors (Lipinski definition) is 2. The van der Waals surface area contributed by atoms with E-state index in [0.29, 0.717) is 36.6 Å². The van der Waals surface area contributed by atoms with E-state index in [1.54, 1.807) is 30.5 Å². The molecular weight excluding hydrogens is 528 g/mol. The van der Waals surface area contributed by atoms with Gasteiger partial charge in [0, 0.05) is 12.1 Å². The molecule has 0 unspecified atom stereocenters. The fraction of sp³-hybridized carbons (Fsp3) is 0.281. The Morgan fingerprint density at radius 3 is 2.58 bits per heavy atom. The number of aromatic nitrogens is 1. The van der Waals surface area contributed by atoms with Gasteiger partial charge in [-0.05, 0) is 90.1 Å². The summed E-state index contributed by atoms with van der Waals surface area (Å²) in [5.41, 5.74) is 4.85. The molecule has 3 heterocycles. The Hall–Kier alpha value is -3.78. The van der Waals surface area contributed by atoms with Crippen LogP contribution >= 0.6 is 11.6 Å². The van der Waals surface area contributed by atoms with Crippen LogP contribution < -0.4 is 4.90 Å². The molecule has 40 heavy (non-hydrogen) atoms. The van der Waals surface area contributed by atoms with Crippen LogP contribution in [0.2, 0.25) is 5.02 Å². The van der Waals surface area contributed by atoms with Crippen LogP contribution in [0.25, 0.3) is 11.6 Å². The van der Waals surface area contributed by atoms with Crippen molar-refractivity contribution >= 4 is 40.8 Å². The fourth-order valence-electron chi connectivity index (χ4n) is 6.38. The smallest absolute Gasteiger partial charge is 0.238 e. The maximum absolute atomic E-state index is 13.6. The number of halogens is 1. The number of ether oxygens (including phenoxy) is 1. The van der Waals surface area contributed by atoms with Crippen molar-refractivity contribution in [1.29, 1.82) is 0 Å². The van der Waals surface area contributed by atoms with E-state index in [0.717, 1.165) is 28.0 Å². The molecule has 1 aliphatic carbocycles. The van der Waals surface area contributed by atoms with Crippen LogP contribution in [0.3, 0.4) is 0 Å². The largest absolute Gasteiger partial charge is 0.508 e. The Morgan fingerprint density at radius 2 is 1.85 bits per heavy atom. The third-order valence-corrected chi connectivity index (χ3v) is 8.52. The first kappa shape index (κ1) is 26.4. The SMILES string of the molecule is O=C1[C@@H]2[C@@H](CC(CO)=C3[C@@H](CC/C(=C/c4ccc(O)cc4Cl)c4ccccn4)OC[C@@H]32)C(=O)N1c1ccccc1. The number of carbonyl (C=O) groups is 2. The van der Waals surface area contributed by atoms with Gasteiger partial charge in [0.1, 0.15) is 5.75 Å². The van der Waals surface area contributed by atoms with Crippen LogP contribution in [0, 0.1) is 17.8 Å². The summed E-state index contributed by atoms with van der Waals surface area (Å²) in [4.78, 5) is 32.9. The van der Waals surface area contributed by atoms with Crippen molar-refractivity contribution in [2.24, 2.45) is 17.8 Å². The lowest BCUT2D eigenvalue weighted by atomic mass is 9.69. The van der Waals surface area contributed by atoms with E-state index >= 15 is 0 Å². The third kappa shape index (κ3) is 4.74. The monoisotopic (exact) mass is 556 g/mol. The number of amides is 2. The normalized spacial score (nSPS) is 24.4. The van der Waals surface area contributed by atoms with Crippen molar-refractivity contribution < 1.29 is 24.5 Å². The predicted octanol–water partition coefficient (Wildman–Crippen LogP) is 5.27. The number of para-hydroxylation sites is 1. The molecule has 2 amide bonds. The number of allylic oxidation sites excluding steroid dienone is 1. The van der Waals surface area contributed by atoms with Crippen LogP contribution in [0.15, 0.2) is 84.1 Å². The quantitative estimate of drug-likeness (QED) is 0.304. The van der Waals surface area contributed by atoms with Crippen LogP contribution in [0.5, 0.6) is 5.75 Å². The second-order valence-corrected chi connectivity index (χ2v) is 10.9. The number of aliphatic hydroxyl groups excluding tert-OH is 1. The molecule has 8 heteroatoms. The number of carbonyl (C=O) groups excluding carboxylic acids is 2. The van der Waals surface area contributed by atoms with E-state index in [4.69, 9.17) is 16.3 Å². The minimum atomic E-state index is -0.496. The van der Waals surface area contributed by atoms with E-state index in [2.05, 4.69) is 4.98 Å². The number of pyridine rings is 1. The Labute approximate surface area is 237 Å². The van der Waals surface area contributed by atoms with Gasteiger partial charge in [-0.3, -0.25) is 19.5 Å². The average Bonchev–Trinajstić information content (AvgIpc) is 3.50. The summed E-state index contributed by atoms with van der Waals surface area (Å²) < 4.78 is 6.28. The van der Waals surface area contributed by atoms with Crippen molar-refractivity contribution in [3.05, 3.63) is 100 Å². The van der Waals surface area contributed by atoms with E-state index in [9.17, 15) is 19.8 Å². The molecule has 0 radical (unpaired) electrons. The summed E-state index contributed by atoms with van der Waals surface area (Å²) in [5, 5.41) is 20.5. The molecule has 2 aliphatic heterocycles. The number of benzene rings is 2. The molecule has 2 fully saturated rings. The first-order valence-electron chi connectivity index (χ1n) is 13.4. The van der Waals surface area contributed by atoms with Crippen LogP contribution in [-0.4, -0.2) is 46.3 Å². The van der Waals surface area contributed by atoms with Gasteiger partial charge >= 0.3 is 0 Å². The first-order valence-corrected chi connectivity index (χ1v) is 13.8. The van der Waals surface area contributed by atoms with Crippen molar-refractivity contribution in [2.75, 3.05) is 18.1 Å². The van der Waals surface area contributed by atoms with Gasteiger partial charge in [-0.1, -0.05) is 35.9 Å². The van der Waals surface area contributed by atoms with Gasteiger partial charge in [0.2, 0.25) is 11.8 Å². The highest BCUT2D eigenvalue weighted by Gasteiger charge is 2.57. The number of rotatable bonds is 7. The fourth-order valence-corrected chi connectivity index (χ4v) is 6.61. The maximum atomic E-state index is 13.6. The van der Waals surface area contributed by atoms with Crippen LogP contribution in [0.1, 0.15) is 30.5 Å². The van der Waals surface area contributed by atoms with Gasteiger partial charge in [0.15, 0.2) is 0 Å². The maximum Gasteiger partial charge on any atom is 0.238 e. The third-order valence-electron chi connectivity index (χ3n) is 8.20. The zero-order valence-corrected chi connectivity index (χ0v) is 22.5. The molecule has 4 atom stereocenters. The lowest BCUT2D eigenvalue weighted by Crippen LogP contribution is -2.35. The summed E-state index contributed by atoms with van der Waals surface area (Å²) in [5.74, 6) is -1.54. The molecular formula is C32H29ClN2O5. The Bertz CT molecular complexity index is 1500. The van der Waals surface area contributed by atoms with Crippen LogP contribution in [0.4, 0.5) is 5.69 Å². The van der Waals surface area contributed by atoms with Crippen molar-refractivity contribution in [2.45, 2.75) is 25.4 Å². The molecule has 2 aromatic carbocycles. The molecule has 0 saturated carbocycles. The Balaban J connectivity index is 1.27. The number of anilines is 1. The van der Waals surface area contributed by atoms with Gasteiger partial charge in [-0.25, -0.2) is 0 Å². The second-order valence-electron chi connectivity index (χ2n) is 10.5. The number of imide groups is 1. The van der Waals surface area contributed by atoms with Crippen molar-refractivity contribution in [3.63, 3.8) is 0 Å².